The van der Waals surface area contributed by atoms with Crippen LogP contribution in [-0.2, 0) is 16.2 Å². The average molecular weight is 599 g/mol. The lowest BCUT2D eigenvalue weighted by Gasteiger charge is -2.15. The predicted octanol–water partition coefficient (Wildman–Crippen LogP) is 6.55. The highest BCUT2D eigenvalue weighted by Gasteiger charge is 2.36. The van der Waals surface area contributed by atoms with Crippen molar-refractivity contribution < 1.29 is 28.2 Å². The van der Waals surface area contributed by atoms with Crippen LogP contribution in [0.1, 0.15) is 23.6 Å². The van der Waals surface area contributed by atoms with E-state index in [-0.39, 0.29) is 4.91 Å². The third-order valence-corrected chi connectivity index (χ3v) is 6.93. The van der Waals surface area contributed by atoms with Crippen molar-refractivity contribution in [1.29, 1.82) is 0 Å². The summed E-state index contributed by atoms with van der Waals surface area (Å²) in [5.41, 5.74) is 3.14. The Kier molecular flexibility index (Phi) is 8.85. The minimum absolute atomic E-state index is 0.173. The summed E-state index contributed by atoms with van der Waals surface area (Å²) in [4.78, 5) is 38.8. The SMILES string of the molecule is CCOc1cc(/C=C2\SC(=O)N(CC(=O)Nc3ccc(F)cc3)C2=O)cc(Br)c1OCc1ccc(C)cc1. The van der Waals surface area contributed by atoms with E-state index in [1.807, 2.05) is 38.1 Å². The fourth-order valence-corrected chi connectivity index (χ4v) is 4.99. The molecule has 3 aromatic carbocycles. The molecule has 0 aromatic heterocycles. The van der Waals surface area contributed by atoms with Crippen LogP contribution in [0.25, 0.3) is 6.08 Å². The maximum atomic E-state index is 13.1. The summed E-state index contributed by atoms with van der Waals surface area (Å²) < 4.78 is 25.5. The minimum atomic E-state index is -0.581. The molecular formula is C28H24BrFN2O5S. The summed E-state index contributed by atoms with van der Waals surface area (Å²) in [6, 6.07) is 16.7. The summed E-state index contributed by atoms with van der Waals surface area (Å²) in [7, 11) is 0. The summed E-state index contributed by atoms with van der Waals surface area (Å²) in [5.74, 6) is -0.586. The molecule has 0 unspecified atom stereocenters. The molecule has 0 radical (unpaired) electrons. The third kappa shape index (κ3) is 6.81. The molecule has 196 valence electrons. The van der Waals surface area contributed by atoms with Gasteiger partial charge in [-0.2, -0.15) is 0 Å². The number of carbonyl (C=O) groups is 3. The highest BCUT2D eigenvalue weighted by molar-refractivity contribution is 9.10. The quantitative estimate of drug-likeness (QED) is 0.281. The highest BCUT2D eigenvalue weighted by atomic mass is 79.9. The zero-order valence-electron chi connectivity index (χ0n) is 20.6. The van der Waals surface area contributed by atoms with Gasteiger partial charge < -0.3 is 14.8 Å². The molecule has 38 heavy (non-hydrogen) atoms. The van der Waals surface area contributed by atoms with Crippen LogP contribution < -0.4 is 14.8 Å². The van der Waals surface area contributed by atoms with Gasteiger partial charge >= 0.3 is 0 Å². The first-order chi connectivity index (χ1) is 18.2. The van der Waals surface area contributed by atoms with Crippen LogP contribution in [0.15, 0.2) is 70.0 Å². The van der Waals surface area contributed by atoms with Gasteiger partial charge in [0, 0.05) is 5.69 Å². The van der Waals surface area contributed by atoms with Gasteiger partial charge in [-0.3, -0.25) is 19.3 Å². The third-order valence-electron chi connectivity index (χ3n) is 5.44. The van der Waals surface area contributed by atoms with Gasteiger partial charge in [-0.1, -0.05) is 29.8 Å². The second-order valence-electron chi connectivity index (χ2n) is 8.36. The summed E-state index contributed by atoms with van der Waals surface area (Å²) in [6.07, 6.45) is 1.57. The van der Waals surface area contributed by atoms with E-state index in [9.17, 15) is 18.8 Å². The van der Waals surface area contributed by atoms with Crippen LogP contribution in [0, 0.1) is 12.7 Å². The first-order valence-electron chi connectivity index (χ1n) is 11.7. The Balaban J connectivity index is 1.48. The van der Waals surface area contributed by atoms with Crippen molar-refractivity contribution in [2.24, 2.45) is 0 Å². The van der Waals surface area contributed by atoms with Crippen molar-refractivity contribution in [2.75, 3.05) is 18.5 Å². The number of ether oxygens (including phenoxy) is 2. The number of hydrogen-bond donors (Lipinski definition) is 1. The molecule has 0 atom stereocenters. The van der Waals surface area contributed by atoms with Crippen LogP contribution in [-0.4, -0.2) is 35.1 Å². The van der Waals surface area contributed by atoms with E-state index >= 15 is 0 Å². The van der Waals surface area contributed by atoms with E-state index in [1.54, 1.807) is 18.2 Å². The maximum Gasteiger partial charge on any atom is 0.294 e. The predicted molar refractivity (Wildman–Crippen MR) is 149 cm³/mol. The van der Waals surface area contributed by atoms with E-state index in [0.29, 0.717) is 40.4 Å². The highest BCUT2D eigenvalue weighted by Crippen LogP contribution is 2.39. The number of nitrogens with zero attached hydrogens (tertiary/aromatic N) is 1. The number of halogens is 2. The number of anilines is 1. The summed E-state index contributed by atoms with van der Waals surface area (Å²) in [5, 5.41) is 1.99. The Morgan fingerprint density at radius 2 is 1.79 bits per heavy atom. The molecule has 1 N–H and O–H groups in total. The molecule has 1 aliphatic rings. The summed E-state index contributed by atoms with van der Waals surface area (Å²) >= 11 is 4.28. The van der Waals surface area contributed by atoms with Crippen molar-refractivity contribution in [2.45, 2.75) is 20.5 Å². The van der Waals surface area contributed by atoms with Crippen LogP contribution in [0.4, 0.5) is 14.9 Å². The number of hydrogen-bond acceptors (Lipinski definition) is 6. The van der Waals surface area contributed by atoms with Crippen molar-refractivity contribution in [3.05, 3.63) is 92.5 Å². The fraction of sp³-hybridized carbons (Fsp3) is 0.179. The molecule has 7 nitrogen and oxygen atoms in total. The molecule has 1 aliphatic heterocycles. The molecule has 3 amide bonds. The van der Waals surface area contributed by atoms with Gasteiger partial charge in [0.05, 0.1) is 16.0 Å². The van der Waals surface area contributed by atoms with Gasteiger partial charge in [-0.15, -0.1) is 0 Å². The number of rotatable bonds is 9. The van der Waals surface area contributed by atoms with Crippen molar-refractivity contribution in [3.63, 3.8) is 0 Å². The molecule has 1 fully saturated rings. The molecule has 10 heteroatoms. The van der Waals surface area contributed by atoms with E-state index in [4.69, 9.17) is 9.47 Å². The molecule has 1 heterocycles. The smallest absolute Gasteiger partial charge is 0.294 e. The molecule has 0 bridgehead atoms. The number of carbonyl (C=O) groups excluding carboxylic acids is 3. The van der Waals surface area contributed by atoms with E-state index in [2.05, 4.69) is 21.2 Å². The topological polar surface area (TPSA) is 84.9 Å². The Labute approximate surface area is 232 Å². The Bertz CT molecular complexity index is 1390. The van der Waals surface area contributed by atoms with Crippen LogP contribution in [0.2, 0.25) is 0 Å². The molecule has 0 aliphatic carbocycles. The van der Waals surface area contributed by atoms with Gasteiger partial charge in [0.2, 0.25) is 5.91 Å². The number of benzene rings is 3. The van der Waals surface area contributed by atoms with Gasteiger partial charge in [0.1, 0.15) is 19.0 Å². The molecular weight excluding hydrogens is 575 g/mol. The zero-order chi connectivity index (χ0) is 27.2. The van der Waals surface area contributed by atoms with Crippen LogP contribution in [0.3, 0.4) is 0 Å². The molecule has 0 spiro atoms. The number of imide groups is 1. The Morgan fingerprint density at radius 3 is 2.47 bits per heavy atom. The standard InChI is InChI=1S/C28H24BrFN2O5S/c1-3-36-23-13-19(12-22(29)26(23)37-16-18-6-4-17(2)5-7-18)14-24-27(34)32(28(35)38-24)15-25(33)31-21-10-8-20(30)9-11-21/h4-14H,3,15-16H2,1-2H3,(H,31,33)/b24-14-. The van der Waals surface area contributed by atoms with Crippen molar-refractivity contribution in [3.8, 4) is 11.5 Å². The maximum absolute atomic E-state index is 13.1. The first-order valence-corrected chi connectivity index (χ1v) is 13.3. The van der Waals surface area contributed by atoms with Gasteiger partial charge in [-0.05, 0) is 95.1 Å². The van der Waals surface area contributed by atoms with Gasteiger partial charge in [-0.25, -0.2) is 4.39 Å². The van der Waals surface area contributed by atoms with Crippen molar-refractivity contribution >= 4 is 56.5 Å². The van der Waals surface area contributed by atoms with Crippen LogP contribution >= 0.6 is 27.7 Å². The van der Waals surface area contributed by atoms with Gasteiger partial charge in [0.25, 0.3) is 11.1 Å². The molecule has 1 saturated heterocycles. The van der Waals surface area contributed by atoms with Crippen molar-refractivity contribution in [1.82, 2.24) is 4.90 Å². The number of thioether (sulfide) groups is 1. The number of amides is 3. The van der Waals surface area contributed by atoms with E-state index < -0.39 is 29.4 Å². The van der Waals surface area contributed by atoms with Crippen LogP contribution in [0.5, 0.6) is 11.5 Å². The van der Waals surface area contributed by atoms with E-state index in [0.717, 1.165) is 27.8 Å². The number of nitrogens with one attached hydrogen (secondary N) is 1. The lowest BCUT2D eigenvalue weighted by Crippen LogP contribution is -2.36. The monoisotopic (exact) mass is 598 g/mol. The van der Waals surface area contributed by atoms with E-state index in [1.165, 1.54) is 24.3 Å². The largest absolute Gasteiger partial charge is 0.490 e. The normalized spacial score (nSPS) is 14.2. The molecule has 0 saturated carbocycles. The average Bonchev–Trinajstić information content (AvgIpc) is 3.13. The molecule has 4 rings (SSSR count). The Hall–Kier alpha value is -3.63. The molecule has 3 aromatic rings. The fourth-order valence-electron chi connectivity index (χ4n) is 3.58. The second-order valence-corrected chi connectivity index (χ2v) is 10.2. The zero-order valence-corrected chi connectivity index (χ0v) is 23.0. The Morgan fingerprint density at radius 1 is 1.08 bits per heavy atom. The summed E-state index contributed by atoms with van der Waals surface area (Å²) in [6.45, 7) is 4.16. The van der Waals surface area contributed by atoms with Gasteiger partial charge in [0.15, 0.2) is 11.5 Å². The lowest BCUT2D eigenvalue weighted by atomic mass is 10.1. The minimum Gasteiger partial charge on any atom is -0.490 e. The number of aryl methyl sites for hydroxylation is 1. The lowest BCUT2D eigenvalue weighted by molar-refractivity contribution is -0.127. The second kappa shape index (κ2) is 12.3. The first kappa shape index (κ1) is 27.4.